The molecule has 0 bridgehead atoms. The molecule has 29 heavy (non-hydrogen) atoms. The van der Waals surface area contributed by atoms with Crippen LogP contribution in [0.15, 0.2) is 30.3 Å². The molecular weight excluding hydrogens is 378 g/mol. The van der Waals surface area contributed by atoms with Gasteiger partial charge in [-0.15, -0.1) is 0 Å². The molecule has 1 aliphatic rings. The van der Waals surface area contributed by atoms with E-state index in [0.717, 1.165) is 0 Å². The number of carbonyl (C=O) groups excluding carboxylic acids is 2. The minimum absolute atomic E-state index is 0.141. The first-order valence-electron chi connectivity index (χ1n) is 9.30. The standard InChI is InChI=1S/C21H23NO7/c1-2-5-29-21(28)16-8-13-9-19(26)20(27)10-14(13)15(22(16)11-23)6-12-3-4-17(24)18(25)7-12/h3-4,7,9-11,15-16,24-27H,2,5-6,8H2,1H3/t15-,16-/m0/s1. The highest BCUT2D eigenvalue weighted by Crippen LogP contribution is 2.40. The maximum atomic E-state index is 12.6. The molecule has 8 nitrogen and oxygen atoms in total. The Hall–Kier alpha value is -3.42. The third kappa shape index (κ3) is 4.06. The van der Waals surface area contributed by atoms with Crippen molar-refractivity contribution in [2.24, 2.45) is 0 Å². The quantitative estimate of drug-likeness (QED) is 0.332. The Kier molecular flexibility index (Phi) is 5.81. The average Bonchev–Trinajstić information content (AvgIpc) is 2.70. The number of phenols is 4. The van der Waals surface area contributed by atoms with E-state index in [1.54, 1.807) is 6.07 Å². The van der Waals surface area contributed by atoms with Crippen LogP contribution >= 0.6 is 0 Å². The average molecular weight is 401 g/mol. The summed E-state index contributed by atoms with van der Waals surface area (Å²) in [6, 6.07) is 5.53. The number of hydrogen-bond acceptors (Lipinski definition) is 7. The summed E-state index contributed by atoms with van der Waals surface area (Å²) >= 11 is 0. The van der Waals surface area contributed by atoms with E-state index in [1.807, 2.05) is 6.92 Å². The number of phenolic OH excluding ortho intramolecular Hbond substituents is 4. The molecule has 0 saturated heterocycles. The van der Waals surface area contributed by atoms with E-state index >= 15 is 0 Å². The van der Waals surface area contributed by atoms with Gasteiger partial charge in [-0.2, -0.15) is 0 Å². The fraction of sp³-hybridized carbons (Fsp3) is 0.333. The molecule has 3 rings (SSSR count). The molecular formula is C21H23NO7. The first-order valence-corrected chi connectivity index (χ1v) is 9.30. The van der Waals surface area contributed by atoms with E-state index in [9.17, 15) is 30.0 Å². The summed E-state index contributed by atoms with van der Waals surface area (Å²) in [7, 11) is 0. The second-order valence-electron chi connectivity index (χ2n) is 7.02. The number of nitrogens with zero attached hydrogens (tertiary/aromatic N) is 1. The Balaban J connectivity index is 2.04. The molecule has 4 N–H and O–H groups in total. The third-order valence-electron chi connectivity index (χ3n) is 5.04. The molecule has 0 fully saturated rings. The van der Waals surface area contributed by atoms with Gasteiger partial charge in [0.1, 0.15) is 6.04 Å². The Morgan fingerprint density at radius 1 is 1.10 bits per heavy atom. The number of fused-ring (bicyclic) bond motifs is 1. The number of rotatable bonds is 6. The van der Waals surface area contributed by atoms with Gasteiger partial charge in [0.25, 0.3) is 0 Å². The highest BCUT2D eigenvalue weighted by atomic mass is 16.5. The molecule has 154 valence electrons. The van der Waals surface area contributed by atoms with E-state index < -0.39 is 18.1 Å². The monoisotopic (exact) mass is 401 g/mol. The second-order valence-corrected chi connectivity index (χ2v) is 7.02. The number of amides is 1. The van der Waals surface area contributed by atoms with Crippen LogP contribution in [0.4, 0.5) is 0 Å². The van der Waals surface area contributed by atoms with Crippen molar-refractivity contribution in [1.82, 2.24) is 4.90 Å². The molecule has 1 heterocycles. The summed E-state index contributed by atoms with van der Waals surface area (Å²) in [5.74, 6) is -1.77. The van der Waals surface area contributed by atoms with Crippen molar-refractivity contribution in [2.45, 2.75) is 38.3 Å². The van der Waals surface area contributed by atoms with Gasteiger partial charge in [0.05, 0.1) is 12.6 Å². The maximum absolute atomic E-state index is 12.6. The molecule has 0 aliphatic carbocycles. The highest BCUT2D eigenvalue weighted by Gasteiger charge is 2.39. The van der Waals surface area contributed by atoms with E-state index in [-0.39, 0.29) is 42.4 Å². The van der Waals surface area contributed by atoms with Crippen LogP contribution in [0.3, 0.4) is 0 Å². The van der Waals surface area contributed by atoms with Gasteiger partial charge in [0.15, 0.2) is 23.0 Å². The second kappa shape index (κ2) is 8.30. The van der Waals surface area contributed by atoms with Crippen LogP contribution < -0.4 is 0 Å². The van der Waals surface area contributed by atoms with Gasteiger partial charge in [0.2, 0.25) is 6.41 Å². The molecule has 1 amide bonds. The van der Waals surface area contributed by atoms with Crippen molar-refractivity contribution < 1.29 is 34.8 Å². The van der Waals surface area contributed by atoms with Gasteiger partial charge in [-0.25, -0.2) is 4.79 Å². The highest BCUT2D eigenvalue weighted by molar-refractivity contribution is 5.80. The zero-order chi connectivity index (χ0) is 21.1. The normalized spacial score (nSPS) is 18.2. The van der Waals surface area contributed by atoms with Crippen molar-refractivity contribution in [3.05, 3.63) is 47.0 Å². The Bertz CT molecular complexity index is 927. The van der Waals surface area contributed by atoms with Gasteiger partial charge < -0.3 is 30.1 Å². The van der Waals surface area contributed by atoms with Gasteiger partial charge in [-0.1, -0.05) is 13.0 Å². The Morgan fingerprint density at radius 3 is 2.45 bits per heavy atom. The molecule has 2 atom stereocenters. The molecule has 2 aromatic carbocycles. The van der Waals surface area contributed by atoms with Crippen LogP contribution in [0.2, 0.25) is 0 Å². The topological polar surface area (TPSA) is 128 Å². The largest absolute Gasteiger partial charge is 0.504 e. The summed E-state index contributed by atoms with van der Waals surface area (Å²) in [5.41, 5.74) is 1.81. The van der Waals surface area contributed by atoms with Crippen LogP contribution in [0.1, 0.15) is 36.1 Å². The molecule has 8 heteroatoms. The lowest BCUT2D eigenvalue weighted by Gasteiger charge is -2.40. The van der Waals surface area contributed by atoms with Crippen LogP contribution in [0, 0.1) is 0 Å². The third-order valence-corrected chi connectivity index (χ3v) is 5.04. The van der Waals surface area contributed by atoms with E-state index in [4.69, 9.17) is 4.74 Å². The summed E-state index contributed by atoms with van der Waals surface area (Å²) in [6.45, 7) is 2.09. The lowest BCUT2D eigenvalue weighted by molar-refractivity contribution is -0.154. The minimum Gasteiger partial charge on any atom is -0.504 e. The molecule has 0 radical (unpaired) electrons. The van der Waals surface area contributed by atoms with Crippen molar-refractivity contribution in [3.8, 4) is 23.0 Å². The molecule has 1 aliphatic heterocycles. The summed E-state index contributed by atoms with van der Waals surface area (Å²) in [4.78, 5) is 25.9. The van der Waals surface area contributed by atoms with Crippen LogP contribution in [0.5, 0.6) is 23.0 Å². The van der Waals surface area contributed by atoms with Crippen LogP contribution in [-0.2, 0) is 27.2 Å². The zero-order valence-electron chi connectivity index (χ0n) is 15.9. The summed E-state index contributed by atoms with van der Waals surface area (Å²) < 4.78 is 5.24. The lowest BCUT2D eigenvalue weighted by atomic mass is 9.85. The number of aromatic hydroxyl groups is 4. The predicted molar refractivity (Wildman–Crippen MR) is 103 cm³/mol. The fourth-order valence-electron chi connectivity index (χ4n) is 3.60. The number of ether oxygens (including phenoxy) is 1. The number of hydrogen-bond donors (Lipinski definition) is 4. The maximum Gasteiger partial charge on any atom is 0.329 e. The lowest BCUT2D eigenvalue weighted by Crippen LogP contribution is -2.48. The summed E-state index contributed by atoms with van der Waals surface area (Å²) in [5, 5.41) is 39.2. The molecule has 0 spiro atoms. The van der Waals surface area contributed by atoms with Crippen LogP contribution in [0.25, 0.3) is 0 Å². The van der Waals surface area contributed by atoms with Gasteiger partial charge in [-0.05, 0) is 53.8 Å². The fourth-order valence-corrected chi connectivity index (χ4v) is 3.60. The molecule has 2 aromatic rings. The van der Waals surface area contributed by atoms with Gasteiger partial charge in [-0.3, -0.25) is 4.79 Å². The van der Waals surface area contributed by atoms with E-state index in [2.05, 4.69) is 0 Å². The van der Waals surface area contributed by atoms with Crippen LogP contribution in [-0.4, -0.2) is 50.4 Å². The predicted octanol–water partition coefficient (Wildman–Crippen LogP) is 2.13. The molecule has 0 unspecified atom stereocenters. The van der Waals surface area contributed by atoms with Crippen molar-refractivity contribution >= 4 is 12.4 Å². The first-order chi connectivity index (χ1) is 13.8. The zero-order valence-corrected chi connectivity index (χ0v) is 15.9. The number of benzene rings is 2. The molecule has 0 saturated carbocycles. The van der Waals surface area contributed by atoms with Crippen molar-refractivity contribution in [1.29, 1.82) is 0 Å². The summed E-state index contributed by atoms with van der Waals surface area (Å²) in [6.07, 6.45) is 1.56. The van der Waals surface area contributed by atoms with Crippen molar-refractivity contribution in [2.75, 3.05) is 6.61 Å². The van der Waals surface area contributed by atoms with Gasteiger partial charge in [0, 0.05) is 6.42 Å². The van der Waals surface area contributed by atoms with E-state index in [0.29, 0.717) is 29.5 Å². The van der Waals surface area contributed by atoms with Crippen molar-refractivity contribution in [3.63, 3.8) is 0 Å². The first kappa shape index (κ1) is 20.3. The Labute approximate surface area is 167 Å². The SMILES string of the molecule is CCCOC(=O)[C@@H]1Cc2cc(O)c(O)cc2[C@H](Cc2ccc(O)c(O)c2)N1C=O. The van der Waals surface area contributed by atoms with E-state index in [1.165, 1.54) is 29.2 Å². The smallest absolute Gasteiger partial charge is 0.329 e. The number of carbonyl (C=O) groups is 2. The Morgan fingerprint density at radius 2 is 1.79 bits per heavy atom. The number of esters is 1. The molecule has 0 aromatic heterocycles. The van der Waals surface area contributed by atoms with Gasteiger partial charge >= 0.3 is 5.97 Å². The minimum atomic E-state index is -0.883.